The summed E-state index contributed by atoms with van der Waals surface area (Å²) in [6.45, 7) is -0.400. The van der Waals surface area contributed by atoms with Gasteiger partial charge in [-0.3, -0.25) is 4.98 Å². The van der Waals surface area contributed by atoms with E-state index in [1.54, 1.807) is 24.5 Å². The summed E-state index contributed by atoms with van der Waals surface area (Å²) in [6, 6.07) is 3.31. The van der Waals surface area contributed by atoms with Gasteiger partial charge in [0.15, 0.2) is 0 Å². The van der Waals surface area contributed by atoms with E-state index in [0.717, 1.165) is 0 Å². The zero-order valence-corrected chi connectivity index (χ0v) is 5.57. The van der Waals surface area contributed by atoms with Gasteiger partial charge in [-0.25, -0.2) is 4.39 Å². The molecule has 0 aromatic carbocycles. The van der Waals surface area contributed by atoms with E-state index in [1.807, 2.05) is 0 Å². The Morgan fingerprint density at radius 1 is 1.33 bits per heavy atom. The molecule has 50 valence electrons. The van der Waals surface area contributed by atoms with Crippen LogP contribution in [0.2, 0.25) is 0 Å². The predicted molar refractivity (Wildman–Crippen MR) is 36.3 cm³/mol. The Morgan fingerprint density at radius 2 is 1.89 bits per heavy atom. The lowest BCUT2D eigenvalue weighted by molar-refractivity contribution is 0.485. The van der Waals surface area contributed by atoms with E-state index >= 15 is 0 Å². The van der Waals surface area contributed by atoms with Crippen LogP contribution >= 0.6 is 12.4 Å². The molecular weight excluding hydrogens is 141 g/mol. The molecule has 0 aliphatic carbocycles. The lowest BCUT2D eigenvalue weighted by Gasteiger charge is -1.86. The van der Waals surface area contributed by atoms with Crippen molar-refractivity contribution in [2.75, 3.05) is 0 Å². The molecular formula is C6H7ClFN. The van der Waals surface area contributed by atoms with E-state index < -0.39 is 6.67 Å². The van der Waals surface area contributed by atoms with Gasteiger partial charge in [0, 0.05) is 12.4 Å². The van der Waals surface area contributed by atoms with Crippen molar-refractivity contribution in [1.82, 2.24) is 4.98 Å². The Kier molecular flexibility index (Phi) is 3.97. The fourth-order valence-corrected chi connectivity index (χ4v) is 0.472. The van der Waals surface area contributed by atoms with Crippen LogP contribution < -0.4 is 0 Å². The van der Waals surface area contributed by atoms with Crippen LogP contribution in [-0.2, 0) is 6.67 Å². The maximum atomic E-state index is 11.7. The first-order valence-electron chi connectivity index (χ1n) is 2.38. The van der Waals surface area contributed by atoms with E-state index in [-0.39, 0.29) is 12.4 Å². The van der Waals surface area contributed by atoms with Crippen molar-refractivity contribution in [2.24, 2.45) is 0 Å². The minimum atomic E-state index is -0.400. The summed E-state index contributed by atoms with van der Waals surface area (Å²) in [7, 11) is 0. The number of halogens is 2. The Labute approximate surface area is 59.3 Å². The Hall–Kier alpha value is -0.630. The number of alkyl halides is 1. The molecule has 0 spiro atoms. The van der Waals surface area contributed by atoms with E-state index in [4.69, 9.17) is 0 Å². The summed E-state index contributed by atoms with van der Waals surface area (Å²) in [5.41, 5.74) is 0.681. The molecule has 1 aromatic rings. The second-order valence-electron chi connectivity index (χ2n) is 1.49. The van der Waals surface area contributed by atoms with E-state index in [1.165, 1.54) is 0 Å². The summed E-state index contributed by atoms with van der Waals surface area (Å²) in [6.07, 6.45) is 3.16. The highest BCUT2D eigenvalue weighted by Gasteiger charge is 1.83. The minimum Gasteiger partial charge on any atom is -0.265 e. The summed E-state index contributed by atoms with van der Waals surface area (Å²) in [5, 5.41) is 0. The quantitative estimate of drug-likeness (QED) is 0.592. The zero-order chi connectivity index (χ0) is 5.82. The Bertz CT molecular complexity index is 154. The number of pyridine rings is 1. The molecule has 1 nitrogen and oxygen atoms in total. The van der Waals surface area contributed by atoms with Crippen molar-refractivity contribution >= 4 is 12.4 Å². The molecule has 0 aliphatic heterocycles. The van der Waals surface area contributed by atoms with Gasteiger partial charge in [-0.2, -0.15) is 0 Å². The Morgan fingerprint density at radius 3 is 2.22 bits per heavy atom. The van der Waals surface area contributed by atoms with Gasteiger partial charge in [0.1, 0.15) is 6.67 Å². The fourth-order valence-electron chi connectivity index (χ4n) is 0.472. The van der Waals surface area contributed by atoms with Crippen molar-refractivity contribution in [1.29, 1.82) is 0 Å². The van der Waals surface area contributed by atoms with Crippen molar-refractivity contribution in [2.45, 2.75) is 6.67 Å². The van der Waals surface area contributed by atoms with E-state index in [2.05, 4.69) is 4.98 Å². The number of aromatic nitrogens is 1. The van der Waals surface area contributed by atoms with Gasteiger partial charge < -0.3 is 0 Å². The van der Waals surface area contributed by atoms with Gasteiger partial charge in [-0.15, -0.1) is 12.4 Å². The Balaban J connectivity index is 0.000000640. The second kappa shape index (κ2) is 4.27. The molecule has 0 atom stereocenters. The predicted octanol–water partition coefficient (Wildman–Crippen LogP) is 1.97. The van der Waals surface area contributed by atoms with Crippen LogP contribution in [0.3, 0.4) is 0 Å². The third kappa shape index (κ3) is 2.42. The van der Waals surface area contributed by atoms with Crippen LogP contribution in [0.1, 0.15) is 5.56 Å². The first-order chi connectivity index (χ1) is 3.93. The molecule has 0 aliphatic rings. The zero-order valence-electron chi connectivity index (χ0n) is 4.75. The van der Waals surface area contributed by atoms with Crippen LogP contribution in [-0.4, -0.2) is 4.98 Å². The summed E-state index contributed by atoms with van der Waals surface area (Å²) < 4.78 is 11.7. The molecule has 1 heterocycles. The van der Waals surface area contributed by atoms with Gasteiger partial charge in [-0.1, -0.05) is 0 Å². The highest BCUT2D eigenvalue weighted by molar-refractivity contribution is 5.85. The molecule has 0 fully saturated rings. The highest BCUT2D eigenvalue weighted by atomic mass is 35.5. The average Bonchev–Trinajstić information content (AvgIpc) is 1.90. The lowest BCUT2D eigenvalue weighted by Crippen LogP contribution is -1.75. The second-order valence-corrected chi connectivity index (χ2v) is 1.49. The van der Waals surface area contributed by atoms with Gasteiger partial charge in [0.2, 0.25) is 0 Å². The number of hydrogen-bond acceptors (Lipinski definition) is 1. The molecule has 0 radical (unpaired) electrons. The maximum absolute atomic E-state index is 11.7. The molecule has 0 unspecified atom stereocenters. The molecule has 1 aromatic heterocycles. The maximum Gasteiger partial charge on any atom is 0.115 e. The van der Waals surface area contributed by atoms with Gasteiger partial charge >= 0.3 is 0 Å². The summed E-state index contributed by atoms with van der Waals surface area (Å²) in [5.74, 6) is 0. The van der Waals surface area contributed by atoms with Crippen LogP contribution in [0.4, 0.5) is 4.39 Å². The van der Waals surface area contributed by atoms with Gasteiger partial charge in [-0.05, 0) is 17.7 Å². The molecule has 3 heteroatoms. The molecule has 0 saturated carbocycles. The van der Waals surface area contributed by atoms with Crippen LogP contribution in [0.15, 0.2) is 24.5 Å². The number of nitrogens with zero attached hydrogens (tertiary/aromatic N) is 1. The van der Waals surface area contributed by atoms with Crippen molar-refractivity contribution in [3.8, 4) is 0 Å². The fraction of sp³-hybridized carbons (Fsp3) is 0.167. The van der Waals surface area contributed by atoms with E-state index in [9.17, 15) is 4.39 Å². The number of hydrogen-bond donors (Lipinski definition) is 0. The van der Waals surface area contributed by atoms with Crippen molar-refractivity contribution in [3.05, 3.63) is 30.1 Å². The topological polar surface area (TPSA) is 12.9 Å². The third-order valence-electron chi connectivity index (χ3n) is 0.904. The monoisotopic (exact) mass is 147 g/mol. The first kappa shape index (κ1) is 8.37. The molecule has 0 bridgehead atoms. The van der Waals surface area contributed by atoms with Gasteiger partial charge in [0.25, 0.3) is 0 Å². The summed E-state index contributed by atoms with van der Waals surface area (Å²) >= 11 is 0. The van der Waals surface area contributed by atoms with Gasteiger partial charge in [0.05, 0.1) is 0 Å². The molecule has 0 saturated heterocycles. The standard InChI is InChI=1S/C6H6FN.ClH/c7-5-6-1-3-8-4-2-6;/h1-4H,5H2;1H. The first-order valence-corrected chi connectivity index (χ1v) is 2.38. The molecule has 9 heavy (non-hydrogen) atoms. The number of rotatable bonds is 1. The van der Waals surface area contributed by atoms with E-state index in [0.29, 0.717) is 5.56 Å². The third-order valence-corrected chi connectivity index (χ3v) is 0.904. The largest absolute Gasteiger partial charge is 0.265 e. The lowest BCUT2D eigenvalue weighted by atomic mass is 10.3. The minimum absolute atomic E-state index is 0. The SMILES string of the molecule is Cl.FCc1ccncc1. The molecule has 0 N–H and O–H groups in total. The summed E-state index contributed by atoms with van der Waals surface area (Å²) in [4.78, 5) is 3.73. The van der Waals surface area contributed by atoms with Crippen molar-refractivity contribution in [3.63, 3.8) is 0 Å². The highest BCUT2D eigenvalue weighted by Crippen LogP contribution is 1.96. The van der Waals surface area contributed by atoms with Crippen LogP contribution in [0, 0.1) is 0 Å². The average molecular weight is 148 g/mol. The van der Waals surface area contributed by atoms with Crippen LogP contribution in [0.5, 0.6) is 0 Å². The molecule has 1 rings (SSSR count). The normalized spacial score (nSPS) is 8.11. The van der Waals surface area contributed by atoms with Crippen LogP contribution in [0.25, 0.3) is 0 Å². The smallest absolute Gasteiger partial charge is 0.115 e. The van der Waals surface area contributed by atoms with Crippen molar-refractivity contribution < 1.29 is 4.39 Å². The molecule has 0 amide bonds.